The average molecular weight is 631 g/mol. The largest absolute Gasteiger partial charge is 0.508 e. The highest BCUT2D eigenvalue weighted by atomic mass is 16.7. The molecule has 2 aromatic carbocycles. The van der Waals surface area contributed by atoms with Crippen molar-refractivity contribution in [2.45, 2.75) is 145 Å². The van der Waals surface area contributed by atoms with E-state index in [1.165, 1.54) is 56.1 Å². The zero-order valence-corrected chi connectivity index (χ0v) is 31.2. The summed E-state index contributed by atoms with van der Waals surface area (Å²) in [5.74, 6) is 4.72. The van der Waals surface area contributed by atoms with Crippen LogP contribution >= 0.6 is 0 Å². The van der Waals surface area contributed by atoms with E-state index in [2.05, 4.69) is 106 Å². The minimum absolute atomic E-state index is 0.138. The Morgan fingerprint density at radius 1 is 0.717 bits per heavy atom. The molecule has 4 bridgehead atoms. The molecule has 4 aliphatic rings. The topological polar surface area (TPSA) is 38.7 Å². The van der Waals surface area contributed by atoms with Crippen LogP contribution in [0.1, 0.15) is 150 Å². The van der Waals surface area contributed by atoms with Gasteiger partial charge in [0.05, 0.1) is 0 Å². The first-order valence-corrected chi connectivity index (χ1v) is 18.4. The quantitative estimate of drug-likeness (QED) is 0.224. The molecule has 4 aliphatic carbocycles. The van der Waals surface area contributed by atoms with Crippen LogP contribution < -0.4 is 4.74 Å². The van der Waals surface area contributed by atoms with Crippen LogP contribution in [0.4, 0.5) is 0 Å². The van der Waals surface area contributed by atoms with E-state index < -0.39 is 0 Å². The maximum absolute atomic E-state index is 9.91. The number of rotatable bonds is 13. The molecule has 3 nitrogen and oxygen atoms in total. The van der Waals surface area contributed by atoms with Crippen LogP contribution in [-0.4, -0.2) is 18.5 Å². The Morgan fingerprint density at radius 2 is 1.26 bits per heavy atom. The van der Waals surface area contributed by atoms with E-state index in [1.54, 1.807) is 0 Å². The molecule has 5 atom stereocenters. The number of aromatic hydroxyl groups is 1. The Bertz CT molecular complexity index is 1280. The molecule has 2 aromatic rings. The lowest BCUT2D eigenvalue weighted by molar-refractivity contribution is -0.151. The summed E-state index contributed by atoms with van der Waals surface area (Å²) >= 11 is 0. The Morgan fingerprint density at radius 3 is 1.78 bits per heavy atom. The van der Waals surface area contributed by atoms with Gasteiger partial charge in [0.15, 0.2) is 0 Å². The van der Waals surface area contributed by atoms with Crippen molar-refractivity contribution in [3.8, 4) is 11.5 Å². The maximum Gasteiger partial charge on any atom is 0.205 e. The second kappa shape index (κ2) is 12.8. The van der Waals surface area contributed by atoms with E-state index in [9.17, 15) is 5.11 Å². The number of phenolic OH excluding ortho intramolecular Hbond substituents is 1. The van der Waals surface area contributed by atoms with Gasteiger partial charge in [-0.05, 0) is 144 Å². The van der Waals surface area contributed by atoms with E-state index in [0.717, 1.165) is 36.3 Å². The molecule has 256 valence electrons. The highest BCUT2D eigenvalue weighted by Gasteiger charge is 2.62. The number of benzene rings is 2. The number of methoxy groups -OCH3 is 1. The number of phenols is 1. The summed E-state index contributed by atoms with van der Waals surface area (Å²) in [5.41, 5.74) is 3.66. The van der Waals surface area contributed by atoms with Gasteiger partial charge < -0.3 is 14.6 Å². The van der Waals surface area contributed by atoms with Crippen molar-refractivity contribution in [1.82, 2.24) is 0 Å². The van der Waals surface area contributed by atoms with Crippen molar-refractivity contribution < 1.29 is 14.6 Å². The molecule has 0 heterocycles. The summed E-state index contributed by atoms with van der Waals surface area (Å²) in [7, 11) is 1.85. The van der Waals surface area contributed by atoms with Crippen LogP contribution in [-0.2, 0) is 4.74 Å². The summed E-state index contributed by atoms with van der Waals surface area (Å²) in [6, 6.07) is 17.1. The Hall–Kier alpha value is -2.00. The van der Waals surface area contributed by atoms with Crippen LogP contribution in [0.5, 0.6) is 11.5 Å². The molecule has 4 fully saturated rings. The number of hydrogen-bond donors (Lipinski definition) is 1. The first kappa shape index (κ1) is 35.3. The van der Waals surface area contributed by atoms with Gasteiger partial charge in [-0.3, -0.25) is 0 Å². The molecule has 0 saturated heterocycles. The summed E-state index contributed by atoms with van der Waals surface area (Å²) in [6.07, 6.45) is 11.2. The van der Waals surface area contributed by atoms with Gasteiger partial charge in [0, 0.05) is 12.5 Å². The van der Waals surface area contributed by atoms with Crippen molar-refractivity contribution in [2.24, 2.45) is 44.8 Å². The van der Waals surface area contributed by atoms with Crippen molar-refractivity contribution in [1.29, 1.82) is 0 Å². The second-order valence-corrected chi connectivity index (χ2v) is 19.7. The molecule has 0 spiro atoms. The molecule has 0 aliphatic heterocycles. The summed E-state index contributed by atoms with van der Waals surface area (Å²) in [4.78, 5) is 0. The van der Waals surface area contributed by atoms with Gasteiger partial charge in [-0.2, -0.15) is 0 Å². The van der Waals surface area contributed by atoms with E-state index in [-0.39, 0.29) is 33.4 Å². The summed E-state index contributed by atoms with van der Waals surface area (Å²) in [5, 5.41) is 9.91. The van der Waals surface area contributed by atoms with Crippen LogP contribution in [0, 0.1) is 44.8 Å². The third-order valence-electron chi connectivity index (χ3n) is 12.6. The molecule has 46 heavy (non-hydrogen) atoms. The molecule has 3 heteroatoms. The van der Waals surface area contributed by atoms with Crippen molar-refractivity contribution in [2.75, 3.05) is 7.11 Å². The minimum atomic E-state index is -0.138. The highest BCUT2D eigenvalue weighted by molar-refractivity contribution is 5.32. The molecular weight excluding hydrogens is 564 g/mol. The van der Waals surface area contributed by atoms with Crippen molar-refractivity contribution in [3.63, 3.8) is 0 Å². The number of hydrogen-bond acceptors (Lipinski definition) is 3. The predicted molar refractivity (Wildman–Crippen MR) is 192 cm³/mol. The van der Waals surface area contributed by atoms with Gasteiger partial charge in [-0.1, -0.05) is 93.5 Å². The minimum Gasteiger partial charge on any atom is -0.508 e. The van der Waals surface area contributed by atoms with E-state index in [0.29, 0.717) is 17.6 Å². The van der Waals surface area contributed by atoms with Crippen LogP contribution in [0.3, 0.4) is 0 Å². The molecule has 0 amide bonds. The number of ether oxygens (including phenoxy) is 2. The molecule has 1 N–H and O–H groups in total. The van der Waals surface area contributed by atoms with Crippen molar-refractivity contribution >= 4 is 0 Å². The third-order valence-corrected chi connectivity index (χ3v) is 12.6. The van der Waals surface area contributed by atoms with Crippen LogP contribution in [0.2, 0.25) is 0 Å². The lowest BCUT2D eigenvalue weighted by atomic mass is 9.63. The Balaban J connectivity index is 1.29. The highest BCUT2D eigenvalue weighted by Crippen LogP contribution is 2.67. The van der Waals surface area contributed by atoms with E-state index >= 15 is 0 Å². The first-order chi connectivity index (χ1) is 21.3. The van der Waals surface area contributed by atoms with Gasteiger partial charge in [0.25, 0.3) is 0 Å². The lowest BCUT2D eigenvalue weighted by Gasteiger charge is -2.42. The maximum atomic E-state index is 9.91. The summed E-state index contributed by atoms with van der Waals surface area (Å²) in [6.45, 7) is 24.1. The van der Waals surface area contributed by atoms with Crippen LogP contribution in [0.15, 0.2) is 48.5 Å². The fourth-order valence-electron chi connectivity index (χ4n) is 10.1. The normalized spacial score (nSPS) is 26.7. The van der Waals surface area contributed by atoms with Gasteiger partial charge in [-0.15, -0.1) is 0 Å². The van der Waals surface area contributed by atoms with E-state index in [1.807, 2.05) is 19.2 Å². The van der Waals surface area contributed by atoms with Gasteiger partial charge in [0.2, 0.25) is 6.29 Å². The monoisotopic (exact) mass is 631 g/mol. The summed E-state index contributed by atoms with van der Waals surface area (Å²) < 4.78 is 12.8. The zero-order chi connectivity index (χ0) is 33.7. The molecule has 5 unspecified atom stereocenters. The fraction of sp³-hybridized carbons (Fsp3) is 0.721. The molecule has 4 saturated carbocycles. The molecule has 6 rings (SSSR count). The average Bonchev–Trinajstić information content (AvgIpc) is 3.36. The predicted octanol–water partition coefficient (Wildman–Crippen LogP) is 12.1. The second-order valence-electron chi connectivity index (χ2n) is 19.7. The fourth-order valence-corrected chi connectivity index (χ4v) is 10.1. The molecular formula is C43H66O3. The van der Waals surface area contributed by atoms with E-state index in [4.69, 9.17) is 9.47 Å². The molecule has 0 aromatic heterocycles. The smallest absolute Gasteiger partial charge is 0.205 e. The standard InChI is InChI=1S/C43H66O3/c1-39(2,3)27-37(42(9,10)21-20-41(7,8)28-36(40(4,5)6)31-12-16-34(44)17-13-31)32-14-18-35(19-15-32)46-38(45-11)43-25-29-22-30(26-43)24-33(43)23-29/h12-19,29-30,33,36-38,44H,20-28H2,1-11H3. The first-order valence-electron chi connectivity index (χ1n) is 18.4. The lowest BCUT2D eigenvalue weighted by Crippen LogP contribution is -2.41. The van der Waals surface area contributed by atoms with Crippen LogP contribution in [0.25, 0.3) is 0 Å². The van der Waals surface area contributed by atoms with Crippen molar-refractivity contribution in [3.05, 3.63) is 59.7 Å². The SMILES string of the molecule is COC(Oc1ccc(C(CC(C)(C)C)C(C)(C)CCC(C)(C)CC(c2ccc(O)cc2)C(C)(C)C)cc1)C12CC3CC(CC1C3)C2. The van der Waals surface area contributed by atoms with Gasteiger partial charge in [-0.25, -0.2) is 0 Å². The molecule has 0 radical (unpaired) electrons. The van der Waals surface area contributed by atoms with Gasteiger partial charge in [0.1, 0.15) is 11.5 Å². The Kier molecular flexibility index (Phi) is 9.82. The zero-order valence-electron chi connectivity index (χ0n) is 31.2. The third kappa shape index (κ3) is 7.82. The Labute approximate surface area is 282 Å². The van der Waals surface area contributed by atoms with Gasteiger partial charge >= 0.3 is 0 Å².